The molecule has 0 atom stereocenters. The maximum absolute atomic E-state index is 12.4. The van der Waals surface area contributed by atoms with E-state index in [1.54, 1.807) is 49.8 Å². The number of hydrogen-bond donors (Lipinski definition) is 1. The molecule has 0 aliphatic rings. The molecule has 23 heavy (non-hydrogen) atoms. The molecule has 3 aromatic rings. The maximum atomic E-state index is 12.4. The molecule has 1 aromatic heterocycles. The average Bonchev–Trinajstić information content (AvgIpc) is 2.60. The maximum Gasteiger partial charge on any atom is 0.240 e. The van der Waals surface area contributed by atoms with Crippen LogP contribution < -0.4 is 9.46 Å². The molecule has 5 nitrogen and oxygen atoms in total. The van der Waals surface area contributed by atoms with Crippen LogP contribution in [0.5, 0.6) is 5.75 Å². The van der Waals surface area contributed by atoms with E-state index in [4.69, 9.17) is 4.74 Å². The molecular weight excluding hydrogens is 312 g/mol. The van der Waals surface area contributed by atoms with Gasteiger partial charge in [-0.1, -0.05) is 12.1 Å². The van der Waals surface area contributed by atoms with Crippen LogP contribution >= 0.6 is 0 Å². The summed E-state index contributed by atoms with van der Waals surface area (Å²) in [6.07, 6.45) is 3.26. The van der Waals surface area contributed by atoms with Gasteiger partial charge in [0.1, 0.15) is 5.75 Å². The number of pyridine rings is 1. The van der Waals surface area contributed by atoms with Crippen molar-refractivity contribution in [3.05, 3.63) is 66.5 Å². The number of aromatic nitrogens is 1. The van der Waals surface area contributed by atoms with E-state index in [-0.39, 0.29) is 11.4 Å². The van der Waals surface area contributed by atoms with Crippen molar-refractivity contribution in [2.45, 2.75) is 11.4 Å². The van der Waals surface area contributed by atoms with E-state index < -0.39 is 10.0 Å². The molecule has 1 N–H and O–H groups in total. The van der Waals surface area contributed by atoms with Gasteiger partial charge in [0.25, 0.3) is 0 Å². The van der Waals surface area contributed by atoms with Gasteiger partial charge in [-0.3, -0.25) is 4.98 Å². The first-order valence-corrected chi connectivity index (χ1v) is 8.53. The summed E-state index contributed by atoms with van der Waals surface area (Å²) in [4.78, 5) is 4.15. The molecular formula is C17H16N2O3S. The van der Waals surface area contributed by atoms with E-state index in [1.807, 2.05) is 18.2 Å². The first-order valence-electron chi connectivity index (χ1n) is 7.05. The van der Waals surface area contributed by atoms with E-state index in [0.717, 1.165) is 22.1 Å². The highest BCUT2D eigenvalue weighted by Gasteiger charge is 2.14. The standard InChI is InChI=1S/C17H16N2O3S/c1-22-16-4-2-15-11-17(5-3-14(15)10-16)23(20,21)19-12-13-6-8-18-9-7-13/h2-11,19H,12H2,1H3. The van der Waals surface area contributed by atoms with E-state index in [2.05, 4.69) is 9.71 Å². The first kappa shape index (κ1) is 15.5. The number of sulfonamides is 1. The monoisotopic (exact) mass is 328 g/mol. The Morgan fingerprint density at radius 3 is 2.43 bits per heavy atom. The zero-order valence-corrected chi connectivity index (χ0v) is 13.4. The zero-order valence-electron chi connectivity index (χ0n) is 12.6. The molecule has 0 spiro atoms. The van der Waals surface area contributed by atoms with Crippen LogP contribution in [0.3, 0.4) is 0 Å². The fourth-order valence-electron chi connectivity index (χ4n) is 2.26. The Labute approximate surface area is 135 Å². The Bertz CT molecular complexity index is 925. The molecule has 0 saturated carbocycles. The number of fused-ring (bicyclic) bond motifs is 1. The van der Waals surface area contributed by atoms with Gasteiger partial charge in [0.2, 0.25) is 10.0 Å². The second kappa shape index (κ2) is 6.36. The Balaban J connectivity index is 1.86. The van der Waals surface area contributed by atoms with Crippen LogP contribution in [0.2, 0.25) is 0 Å². The Hall–Kier alpha value is -2.44. The third-order valence-electron chi connectivity index (χ3n) is 3.54. The number of benzene rings is 2. The molecule has 118 valence electrons. The third-order valence-corrected chi connectivity index (χ3v) is 4.94. The lowest BCUT2D eigenvalue weighted by molar-refractivity contribution is 0.415. The number of rotatable bonds is 5. The van der Waals surface area contributed by atoms with Crippen LogP contribution in [0.15, 0.2) is 65.8 Å². The molecule has 0 aliphatic carbocycles. The molecule has 6 heteroatoms. The summed E-state index contributed by atoms with van der Waals surface area (Å²) in [6, 6.07) is 14.1. The van der Waals surface area contributed by atoms with Crippen molar-refractivity contribution < 1.29 is 13.2 Å². The predicted molar refractivity (Wildman–Crippen MR) is 88.8 cm³/mol. The SMILES string of the molecule is COc1ccc2cc(S(=O)(=O)NCc3ccncc3)ccc2c1. The van der Waals surface area contributed by atoms with Crippen LogP contribution in [0.4, 0.5) is 0 Å². The van der Waals surface area contributed by atoms with Gasteiger partial charge in [-0.05, 0) is 52.7 Å². The third kappa shape index (κ3) is 3.49. The summed E-state index contributed by atoms with van der Waals surface area (Å²) >= 11 is 0. The van der Waals surface area contributed by atoms with Gasteiger partial charge in [-0.2, -0.15) is 0 Å². The van der Waals surface area contributed by atoms with Crippen molar-refractivity contribution >= 4 is 20.8 Å². The van der Waals surface area contributed by atoms with Gasteiger partial charge < -0.3 is 4.74 Å². The lowest BCUT2D eigenvalue weighted by Gasteiger charge is -2.08. The van der Waals surface area contributed by atoms with Crippen LogP contribution in [-0.2, 0) is 16.6 Å². The highest BCUT2D eigenvalue weighted by atomic mass is 32.2. The molecule has 0 aliphatic heterocycles. The molecule has 1 heterocycles. The minimum atomic E-state index is -3.57. The van der Waals surface area contributed by atoms with E-state index in [0.29, 0.717) is 0 Å². The summed E-state index contributed by atoms with van der Waals surface area (Å²) in [7, 11) is -1.97. The van der Waals surface area contributed by atoms with Crippen LogP contribution in [-0.4, -0.2) is 20.5 Å². The largest absolute Gasteiger partial charge is 0.497 e. The van der Waals surface area contributed by atoms with E-state index >= 15 is 0 Å². The summed E-state index contributed by atoms with van der Waals surface area (Å²) in [6.45, 7) is 0.228. The zero-order chi connectivity index (χ0) is 16.3. The van der Waals surface area contributed by atoms with Crippen molar-refractivity contribution in [3.8, 4) is 5.75 Å². The van der Waals surface area contributed by atoms with Gasteiger partial charge in [0.05, 0.1) is 12.0 Å². The average molecular weight is 328 g/mol. The minimum absolute atomic E-state index is 0.228. The summed E-state index contributed by atoms with van der Waals surface area (Å²) in [5.74, 6) is 0.740. The highest BCUT2D eigenvalue weighted by Crippen LogP contribution is 2.23. The Morgan fingerprint density at radius 2 is 1.70 bits per heavy atom. The van der Waals surface area contributed by atoms with Crippen molar-refractivity contribution in [2.24, 2.45) is 0 Å². The number of hydrogen-bond acceptors (Lipinski definition) is 4. The lowest BCUT2D eigenvalue weighted by Crippen LogP contribution is -2.23. The van der Waals surface area contributed by atoms with Gasteiger partial charge >= 0.3 is 0 Å². The molecule has 0 saturated heterocycles. The summed E-state index contributed by atoms with van der Waals surface area (Å²) in [5, 5.41) is 1.77. The predicted octanol–water partition coefficient (Wildman–Crippen LogP) is 2.72. The molecule has 2 aromatic carbocycles. The molecule has 3 rings (SSSR count). The Morgan fingerprint density at radius 1 is 1.00 bits per heavy atom. The van der Waals surface area contributed by atoms with E-state index in [1.165, 1.54) is 0 Å². The summed E-state index contributed by atoms with van der Waals surface area (Å²) in [5.41, 5.74) is 0.856. The number of nitrogens with zero attached hydrogens (tertiary/aromatic N) is 1. The topological polar surface area (TPSA) is 68.3 Å². The smallest absolute Gasteiger partial charge is 0.240 e. The minimum Gasteiger partial charge on any atom is -0.497 e. The molecule has 0 bridgehead atoms. The van der Waals surface area contributed by atoms with Gasteiger partial charge in [-0.25, -0.2) is 13.1 Å². The van der Waals surface area contributed by atoms with Crippen molar-refractivity contribution in [1.82, 2.24) is 9.71 Å². The van der Waals surface area contributed by atoms with Crippen molar-refractivity contribution in [1.29, 1.82) is 0 Å². The van der Waals surface area contributed by atoms with Crippen LogP contribution in [0.25, 0.3) is 10.8 Å². The summed E-state index contributed by atoms with van der Waals surface area (Å²) < 4.78 is 32.6. The van der Waals surface area contributed by atoms with Crippen LogP contribution in [0, 0.1) is 0 Å². The molecule has 0 amide bonds. The molecule has 0 radical (unpaired) electrons. The fraction of sp³-hybridized carbons (Fsp3) is 0.118. The van der Waals surface area contributed by atoms with Gasteiger partial charge in [-0.15, -0.1) is 0 Å². The number of nitrogens with one attached hydrogen (secondary N) is 1. The molecule has 0 fully saturated rings. The van der Waals surface area contributed by atoms with Crippen molar-refractivity contribution in [2.75, 3.05) is 7.11 Å². The number of ether oxygens (including phenoxy) is 1. The highest BCUT2D eigenvalue weighted by molar-refractivity contribution is 7.89. The van der Waals surface area contributed by atoms with E-state index in [9.17, 15) is 8.42 Å². The fourth-order valence-corrected chi connectivity index (χ4v) is 3.31. The second-order valence-electron chi connectivity index (χ2n) is 5.05. The second-order valence-corrected chi connectivity index (χ2v) is 6.82. The number of methoxy groups -OCH3 is 1. The lowest BCUT2D eigenvalue weighted by atomic mass is 10.1. The molecule has 0 unspecified atom stereocenters. The van der Waals surface area contributed by atoms with Gasteiger partial charge in [0, 0.05) is 18.9 Å². The quantitative estimate of drug-likeness (QED) is 0.782. The van der Waals surface area contributed by atoms with Gasteiger partial charge in [0.15, 0.2) is 0 Å². The first-order chi connectivity index (χ1) is 11.1. The normalized spacial score (nSPS) is 11.5. The van der Waals surface area contributed by atoms with Crippen molar-refractivity contribution in [3.63, 3.8) is 0 Å². The van der Waals surface area contributed by atoms with Crippen LogP contribution in [0.1, 0.15) is 5.56 Å². The Kier molecular flexibility index (Phi) is 4.27.